The number of anilines is 3. The van der Waals surface area contributed by atoms with Gasteiger partial charge in [0.15, 0.2) is 0 Å². The van der Waals surface area contributed by atoms with Crippen LogP contribution in [-0.4, -0.2) is 60.6 Å². The van der Waals surface area contributed by atoms with Crippen LogP contribution in [0.2, 0.25) is 0 Å². The number of nitrogens with two attached hydrogens (primary N) is 1. The molecule has 0 aliphatic rings. The number of aliphatic hydroxyl groups excluding tert-OH is 1. The number of primary amides is 1. The van der Waals surface area contributed by atoms with Gasteiger partial charge in [0.2, 0.25) is 15.4 Å². The van der Waals surface area contributed by atoms with E-state index in [9.17, 15) is 33.0 Å². The lowest BCUT2D eigenvalue weighted by Gasteiger charge is -2.16. The summed E-state index contributed by atoms with van der Waals surface area (Å²) in [5.74, 6) is -0.774. The van der Waals surface area contributed by atoms with Crippen molar-refractivity contribution in [3.05, 3.63) is 154 Å². The fourth-order valence-electron chi connectivity index (χ4n) is 6.80. The Hall–Kier alpha value is -7.07. The number of nitrogens with one attached hydrogen (secondary N) is 4. The summed E-state index contributed by atoms with van der Waals surface area (Å²) in [6, 6.07) is 28.9. The number of carbonyl (C=O) groups excluding carboxylic acids is 2. The standard InChI is InChI=1S/C44H40N6O8S/c1-25-19-32(22-35-40(25)47-23-36(43(45)54)41(35)48-29-6-4-7-30(21-29)58-2)59(56,57)31-8-3-5-27(20-31)44(55)49-28-11-9-26(10-12-28)17-18-46-24-38(52)33-13-15-37(51)42-34(33)14-16-39(53)50-42/h3-16,19-23,38,46,51-52H,17-18,24H2,1-2H3,(H2,45,54)(H,47,48)(H,49,55)(H,50,53)/t38-/m0/s1. The molecule has 0 saturated carbocycles. The van der Waals surface area contributed by atoms with Gasteiger partial charge in [0.1, 0.15) is 11.5 Å². The lowest BCUT2D eigenvalue weighted by molar-refractivity contribution is 0.0998. The molecular weight excluding hydrogens is 773 g/mol. The van der Waals surface area contributed by atoms with Crippen LogP contribution >= 0.6 is 0 Å². The molecule has 0 radical (unpaired) electrons. The number of nitrogens with zero attached hydrogens (tertiary/aromatic N) is 1. The molecule has 8 N–H and O–H groups in total. The molecule has 59 heavy (non-hydrogen) atoms. The van der Waals surface area contributed by atoms with E-state index in [2.05, 4.69) is 25.9 Å². The number of ether oxygens (including phenoxy) is 1. The molecule has 1 atom stereocenters. The van der Waals surface area contributed by atoms with E-state index in [1.807, 2.05) is 12.1 Å². The van der Waals surface area contributed by atoms with E-state index in [4.69, 9.17) is 10.5 Å². The smallest absolute Gasteiger partial charge is 0.255 e. The summed E-state index contributed by atoms with van der Waals surface area (Å²) in [4.78, 5) is 44.5. The zero-order valence-corrected chi connectivity index (χ0v) is 32.8. The Morgan fingerprint density at radius 3 is 2.44 bits per heavy atom. The number of fused-ring (bicyclic) bond motifs is 2. The monoisotopic (exact) mass is 812 g/mol. The molecule has 0 spiro atoms. The summed E-state index contributed by atoms with van der Waals surface area (Å²) in [7, 11) is -2.65. The van der Waals surface area contributed by atoms with E-state index in [1.54, 1.807) is 55.5 Å². The summed E-state index contributed by atoms with van der Waals surface area (Å²) in [6.45, 7) is 2.49. The number of aromatic nitrogens is 2. The third kappa shape index (κ3) is 8.62. The highest BCUT2D eigenvalue weighted by Crippen LogP contribution is 2.35. The third-order valence-corrected chi connectivity index (χ3v) is 11.6. The summed E-state index contributed by atoms with van der Waals surface area (Å²) in [5, 5.41) is 31.1. The Labute approximate surface area is 338 Å². The Bertz CT molecular complexity index is 2920. The molecular formula is C44H40N6O8S. The first-order valence-corrected chi connectivity index (χ1v) is 19.9. The van der Waals surface area contributed by atoms with Crippen molar-refractivity contribution in [3.63, 3.8) is 0 Å². The van der Waals surface area contributed by atoms with Crippen LogP contribution in [0.3, 0.4) is 0 Å². The number of hydrogen-bond donors (Lipinski definition) is 7. The summed E-state index contributed by atoms with van der Waals surface area (Å²) in [6.07, 6.45) is 1.09. The lowest BCUT2D eigenvalue weighted by Crippen LogP contribution is -2.24. The van der Waals surface area contributed by atoms with Gasteiger partial charge in [-0.15, -0.1) is 0 Å². The van der Waals surface area contributed by atoms with Crippen LogP contribution in [0, 0.1) is 6.92 Å². The number of hydrogen-bond acceptors (Lipinski definition) is 11. The molecule has 2 aromatic heterocycles. The number of phenols is 1. The number of sulfone groups is 1. The van der Waals surface area contributed by atoms with Crippen LogP contribution < -0.4 is 32.0 Å². The fourth-order valence-corrected chi connectivity index (χ4v) is 8.22. The van der Waals surface area contributed by atoms with Gasteiger partial charge in [0, 0.05) is 52.6 Å². The third-order valence-electron chi connectivity index (χ3n) is 9.86. The minimum atomic E-state index is -4.18. The highest BCUT2D eigenvalue weighted by molar-refractivity contribution is 7.91. The number of aromatic hydroxyl groups is 1. The largest absolute Gasteiger partial charge is 0.506 e. The van der Waals surface area contributed by atoms with Crippen LogP contribution in [0.5, 0.6) is 11.5 Å². The van der Waals surface area contributed by atoms with Gasteiger partial charge in [-0.2, -0.15) is 0 Å². The Morgan fingerprint density at radius 1 is 0.898 bits per heavy atom. The fraction of sp³-hybridized carbons (Fsp3) is 0.136. The topological polar surface area (TPSA) is 226 Å². The highest BCUT2D eigenvalue weighted by atomic mass is 32.2. The minimum absolute atomic E-state index is 0.0643. The quantitative estimate of drug-likeness (QED) is 0.0641. The number of benzene rings is 5. The molecule has 300 valence electrons. The van der Waals surface area contributed by atoms with Gasteiger partial charge in [0.05, 0.1) is 45.3 Å². The molecule has 7 aromatic rings. The first kappa shape index (κ1) is 40.1. The number of phenolic OH excluding ortho intramolecular Hbond substituents is 1. The summed E-state index contributed by atoms with van der Waals surface area (Å²) >= 11 is 0. The van der Waals surface area contributed by atoms with Gasteiger partial charge in [-0.3, -0.25) is 19.4 Å². The van der Waals surface area contributed by atoms with Crippen molar-refractivity contribution in [3.8, 4) is 11.5 Å². The molecule has 15 heteroatoms. The average molecular weight is 813 g/mol. The van der Waals surface area contributed by atoms with Crippen molar-refractivity contribution in [1.29, 1.82) is 0 Å². The summed E-state index contributed by atoms with van der Waals surface area (Å²) in [5.41, 5.74) is 9.73. The molecule has 0 unspecified atom stereocenters. The summed E-state index contributed by atoms with van der Waals surface area (Å²) < 4.78 is 33.6. The Morgan fingerprint density at radius 2 is 1.68 bits per heavy atom. The number of H-pyrrole nitrogens is 1. The molecule has 0 bridgehead atoms. The molecule has 0 fully saturated rings. The number of amides is 2. The molecule has 7 rings (SSSR count). The first-order valence-electron chi connectivity index (χ1n) is 18.5. The van der Waals surface area contributed by atoms with E-state index in [0.29, 0.717) is 57.5 Å². The highest BCUT2D eigenvalue weighted by Gasteiger charge is 2.24. The van der Waals surface area contributed by atoms with Crippen molar-refractivity contribution >= 4 is 60.5 Å². The number of rotatable bonds is 14. The van der Waals surface area contributed by atoms with E-state index < -0.39 is 27.8 Å². The lowest BCUT2D eigenvalue weighted by atomic mass is 10.0. The van der Waals surface area contributed by atoms with Gasteiger partial charge in [-0.25, -0.2) is 8.42 Å². The van der Waals surface area contributed by atoms with Crippen molar-refractivity contribution in [2.45, 2.75) is 29.2 Å². The normalized spacial score (nSPS) is 12.0. The number of aryl methyl sites for hydroxylation is 1. The maximum atomic E-state index is 14.1. The zero-order valence-electron chi connectivity index (χ0n) is 31.9. The van der Waals surface area contributed by atoms with Crippen molar-refractivity contribution in [1.82, 2.24) is 15.3 Å². The predicted octanol–water partition coefficient (Wildman–Crippen LogP) is 5.89. The van der Waals surface area contributed by atoms with Gasteiger partial charge < -0.3 is 41.6 Å². The van der Waals surface area contributed by atoms with Crippen molar-refractivity contribution in [2.75, 3.05) is 30.8 Å². The number of carbonyl (C=O) groups is 2. The molecule has 2 heterocycles. The Kier molecular flexibility index (Phi) is 11.4. The zero-order chi connectivity index (χ0) is 41.8. The van der Waals surface area contributed by atoms with Crippen LogP contribution in [0.4, 0.5) is 17.1 Å². The number of pyridine rings is 2. The minimum Gasteiger partial charge on any atom is -0.506 e. The second-order valence-electron chi connectivity index (χ2n) is 13.8. The SMILES string of the molecule is COc1cccc(Nc2c(C(N)=O)cnc3c(C)cc(S(=O)(=O)c4cccc(C(=O)Nc5ccc(CCNC[C@H](O)c6ccc(O)c7[nH]c(=O)ccc67)cc5)c4)cc23)c1. The Balaban J connectivity index is 1.03. The number of methoxy groups -OCH3 is 1. The van der Waals surface area contributed by atoms with Crippen LogP contribution in [0.25, 0.3) is 21.8 Å². The van der Waals surface area contributed by atoms with Crippen molar-refractivity contribution < 1.29 is 33.0 Å². The first-order chi connectivity index (χ1) is 28.3. The number of aromatic amines is 1. The van der Waals surface area contributed by atoms with E-state index in [1.165, 1.54) is 61.8 Å². The van der Waals surface area contributed by atoms with Crippen LogP contribution in [-0.2, 0) is 16.3 Å². The second kappa shape index (κ2) is 16.8. The van der Waals surface area contributed by atoms with Crippen molar-refractivity contribution in [2.24, 2.45) is 5.73 Å². The molecule has 0 aliphatic carbocycles. The molecule has 5 aromatic carbocycles. The van der Waals surface area contributed by atoms with E-state index in [0.717, 1.165) is 5.56 Å². The van der Waals surface area contributed by atoms with E-state index >= 15 is 0 Å². The van der Waals surface area contributed by atoms with Gasteiger partial charge in [0.25, 0.3) is 11.8 Å². The van der Waals surface area contributed by atoms with Gasteiger partial charge in [-0.1, -0.05) is 30.3 Å². The van der Waals surface area contributed by atoms with E-state index in [-0.39, 0.29) is 50.0 Å². The maximum Gasteiger partial charge on any atom is 0.255 e. The maximum absolute atomic E-state index is 14.1. The van der Waals surface area contributed by atoms with Crippen LogP contribution in [0.15, 0.2) is 130 Å². The molecule has 14 nitrogen and oxygen atoms in total. The average Bonchev–Trinajstić information content (AvgIpc) is 3.23. The van der Waals surface area contributed by atoms with Gasteiger partial charge in [-0.05, 0) is 103 Å². The van der Waals surface area contributed by atoms with Gasteiger partial charge >= 0.3 is 0 Å². The predicted molar refractivity (Wildman–Crippen MR) is 225 cm³/mol. The molecule has 0 saturated heterocycles. The second-order valence-corrected chi connectivity index (χ2v) is 15.8. The van der Waals surface area contributed by atoms with Crippen LogP contribution in [0.1, 0.15) is 43.5 Å². The number of aliphatic hydroxyl groups is 1. The molecule has 2 amide bonds. The molecule has 0 aliphatic heterocycles.